The van der Waals surface area contributed by atoms with Gasteiger partial charge in [-0.05, 0) is 32.1 Å². The number of rotatable bonds is 3. The minimum atomic E-state index is -0.209. The second-order valence-corrected chi connectivity index (χ2v) is 6.32. The third-order valence-electron chi connectivity index (χ3n) is 4.84. The van der Waals surface area contributed by atoms with E-state index in [1.165, 1.54) is 0 Å². The monoisotopic (exact) mass is 314 g/mol. The number of nitriles is 1. The van der Waals surface area contributed by atoms with Crippen molar-refractivity contribution in [1.29, 1.82) is 5.26 Å². The predicted molar refractivity (Wildman–Crippen MR) is 84.4 cm³/mol. The van der Waals surface area contributed by atoms with Crippen LogP contribution in [-0.2, 0) is 9.53 Å². The molecule has 1 aromatic rings. The first-order chi connectivity index (χ1) is 11.3. The second-order valence-electron chi connectivity index (χ2n) is 6.32. The SMILES string of the molecule is N#C[C@H]1CCCC[C@H]1OC(=O)C1CCN(c2cnccn2)CC1. The van der Waals surface area contributed by atoms with Gasteiger partial charge in [0.05, 0.1) is 24.1 Å². The van der Waals surface area contributed by atoms with Gasteiger partial charge in [-0.3, -0.25) is 9.78 Å². The van der Waals surface area contributed by atoms with Gasteiger partial charge in [0.1, 0.15) is 11.9 Å². The molecular weight excluding hydrogens is 292 g/mol. The number of aromatic nitrogens is 2. The molecule has 6 heteroatoms. The van der Waals surface area contributed by atoms with Gasteiger partial charge in [-0.25, -0.2) is 4.98 Å². The van der Waals surface area contributed by atoms with Crippen LogP contribution in [0, 0.1) is 23.2 Å². The van der Waals surface area contributed by atoms with Gasteiger partial charge < -0.3 is 9.64 Å². The van der Waals surface area contributed by atoms with Gasteiger partial charge >= 0.3 is 5.97 Å². The van der Waals surface area contributed by atoms with Gasteiger partial charge in [0.25, 0.3) is 0 Å². The number of ether oxygens (including phenoxy) is 1. The van der Waals surface area contributed by atoms with Crippen molar-refractivity contribution in [2.75, 3.05) is 18.0 Å². The zero-order valence-electron chi connectivity index (χ0n) is 13.2. The molecule has 23 heavy (non-hydrogen) atoms. The lowest BCUT2D eigenvalue weighted by atomic mass is 9.87. The van der Waals surface area contributed by atoms with Crippen LogP contribution in [0.4, 0.5) is 5.82 Å². The quantitative estimate of drug-likeness (QED) is 0.797. The highest BCUT2D eigenvalue weighted by molar-refractivity contribution is 5.73. The summed E-state index contributed by atoms with van der Waals surface area (Å²) in [6, 6.07) is 2.29. The molecule has 1 saturated carbocycles. The maximum atomic E-state index is 12.4. The molecule has 6 nitrogen and oxygen atoms in total. The number of carbonyl (C=O) groups is 1. The third kappa shape index (κ3) is 3.79. The summed E-state index contributed by atoms with van der Waals surface area (Å²) < 4.78 is 5.67. The summed E-state index contributed by atoms with van der Waals surface area (Å²) in [7, 11) is 0. The molecule has 1 aliphatic heterocycles. The number of esters is 1. The minimum Gasteiger partial charge on any atom is -0.461 e. The summed E-state index contributed by atoms with van der Waals surface area (Å²) in [6.07, 6.45) is 10.2. The molecule has 3 rings (SSSR count). The number of carbonyl (C=O) groups excluding carboxylic acids is 1. The van der Waals surface area contributed by atoms with E-state index in [4.69, 9.17) is 4.74 Å². The highest BCUT2D eigenvalue weighted by Gasteiger charge is 2.32. The molecular formula is C17H22N4O2. The zero-order valence-corrected chi connectivity index (χ0v) is 13.2. The van der Waals surface area contributed by atoms with Crippen molar-refractivity contribution in [3.8, 4) is 6.07 Å². The van der Waals surface area contributed by atoms with E-state index in [0.717, 1.165) is 57.4 Å². The average molecular weight is 314 g/mol. The van der Waals surface area contributed by atoms with Crippen LogP contribution >= 0.6 is 0 Å². The first-order valence-corrected chi connectivity index (χ1v) is 8.39. The fraction of sp³-hybridized carbons (Fsp3) is 0.647. The fourth-order valence-electron chi connectivity index (χ4n) is 3.43. The van der Waals surface area contributed by atoms with Gasteiger partial charge in [-0.2, -0.15) is 5.26 Å². The molecule has 0 unspecified atom stereocenters. The van der Waals surface area contributed by atoms with Gasteiger partial charge in [0.15, 0.2) is 0 Å². The van der Waals surface area contributed by atoms with Crippen molar-refractivity contribution in [2.24, 2.45) is 11.8 Å². The molecule has 2 atom stereocenters. The lowest BCUT2D eigenvalue weighted by molar-refractivity contribution is -0.158. The third-order valence-corrected chi connectivity index (χ3v) is 4.84. The molecule has 1 aromatic heterocycles. The van der Waals surface area contributed by atoms with Crippen LogP contribution in [0.3, 0.4) is 0 Å². The Hall–Kier alpha value is -2.16. The summed E-state index contributed by atoms with van der Waals surface area (Å²) in [4.78, 5) is 22.9. The second kappa shape index (κ2) is 7.40. The highest BCUT2D eigenvalue weighted by atomic mass is 16.5. The van der Waals surface area contributed by atoms with Crippen molar-refractivity contribution in [2.45, 2.75) is 44.6 Å². The summed E-state index contributed by atoms with van der Waals surface area (Å²) >= 11 is 0. The van der Waals surface area contributed by atoms with Gasteiger partial charge in [-0.15, -0.1) is 0 Å². The van der Waals surface area contributed by atoms with E-state index in [-0.39, 0.29) is 23.9 Å². The normalized spacial score (nSPS) is 25.6. The van der Waals surface area contributed by atoms with E-state index in [9.17, 15) is 10.1 Å². The van der Waals surface area contributed by atoms with Crippen LogP contribution in [0.5, 0.6) is 0 Å². The Morgan fingerprint density at radius 2 is 2.00 bits per heavy atom. The van der Waals surface area contributed by atoms with Crippen molar-refractivity contribution < 1.29 is 9.53 Å². The summed E-state index contributed by atoms with van der Waals surface area (Å²) in [5, 5.41) is 9.18. The standard InChI is InChI=1S/C17H22N4O2/c18-11-14-3-1-2-4-15(14)23-17(22)13-5-9-21(10-6-13)16-12-19-7-8-20-16/h7-8,12-15H,1-6,9-10H2/t14-,15-/m1/s1. The van der Waals surface area contributed by atoms with Gasteiger partial charge in [-0.1, -0.05) is 6.42 Å². The van der Waals surface area contributed by atoms with E-state index in [0.29, 0.717) is 0 Å². The fourth-order valence-corrected chi connectivity index (χ4v) is 3.43. The topological polar surface area (TPSA) is 79.1 Å². The van der Waals surface area contributed by atoms with E-state index < -0.39 is 0 Å². The lowest BCUT2D eigenvalue weighted by Gasteiger charge is -2.33. The molecule has 2 fully saturated rings. The van der Waals surface area contributed by atoms with Crippen LogP contribution in [-0.4, -0.2) is 35.1 Å². The van der Waals surface area contributed by atoms with E-state index in [1.807, 2.05) is 0 Å². The lowest BCUT2D eigenvalue weighted by Crippen LogP contribution is -2.39. The Labute approximate surface area is 136 Å². The van der Waals surface area contributed by atoms with Crippen molar-refractivity contribution >= 4 is 11.8 Å². The molecule has 0 bridgehead atoms. The Morgan fingerprint density at radius 3 is 2.70 bits per heavy atom. The first kappa shape index (κ1) is 15.7. The molecule has 0 N–H and O–H groups in total. The zero-order chi connectivity index (χ0) is 16.1. The molecule has 0 radical (unpaired) electrons. The first-order valence-electron chi connectivity index (χ1n) is 8.39. The van der Waals surface area contributed by atoms with Crippen molar-refractivity contribution in [1.82, 2.24) is 9.97 Å². The molecule has 0 amide bonds. The molecule has 122 valence electrons. The highest BCUT2D eigenvalue weighted by Crippen LogP contribution is 2.29. The smallest absolute Gasteiger partial charge is 0.309 e. The van der Waals surface area contributed by atoms with Crippen LogP contribution < -0.4 is 4.90 Å². The predicted octanol–water partition coefficient (Wildman–Crippen LogP) is 2.32. The van der Waals surface area contributed by atoms with Gasteiger partial charge in [0, 0.05) is 25.5 Å². The number of piperidine rings is 1. The van der Waals surface area contributed by atoms with Crippen molar-refractivity contribution in [3.63, 3.8) is 0 Å². The number of anilines is 1. The maximum absolute atomic E-state index is 12.4. The Balaban J connectivity index is 1.51. The molecule has 2 heterocycles. The molecule has 2 aliphatic rings. The molecule has 1 aliphatic carbocycles. The van der Waals surface area contributed by atoms with Crippen LogP contribution in [0.15, 0.2) is 18.6 Å². The Bertz CT molecular complexity index is 564. The van der Waals surface area contributed by atoms with E-state index in [2.05, 4.69) is 20.9 Å². The van der Waals surface area contributed by atoms with Crippen LogP contribution in [0.25, 0.3) is 0 Å². The van der Waals surface area contributed by atoms with Crippen LogP contribution in [0.1, 0.15) is 38.5 Å². The summed E-state index contributed by atoms with van der Waals surface area (Å²) in [5.41, 5.74) is 0. The minimum absolute atomic E-state index is 0.0656. The van der Waals surface area contributed by atoms with E-state index >= 15 is 0 Å². The summed E-state index contributed by atoms with van der Waals surface area (Å²) in [6.45, 7) is 1.57. The molecule has 0 spiro atoms. The molecule has 1 saturated heterocycles. The Morgan fingerprint density at radius 1 is 1.22 bits per heavy atom. The van der Waals surface area contributed by atoms with Gasteiger partial charge in [0.2, 0.25) is 0 Å². The number of nitrogens with zero attached hydrogens (tertiary/aromatic N) is 4. The number of hydrogen-bond acceptors (Lipinski definition) is 6. The van der Waals surface area contributed by atoms with Crippen LogP contribution in [0.2, 0.25) is 0 Å². The average Bonchev–Trinajstić information content (AvgIpc) is 2.63. The largest absolute Gasteiger partial charge is 0.461 e. The number of hydrogen-bond donors (Lipinski definition) is 0. The summed E-state index contributed by atoms with van der Waals surface area (Å²) in [5.74, 6) is 0.531. The van der Waals surface area contributed by atoms with E-state index in [1.54, 1.807) is 18.6 Å². The maximum Gasteiger partial charge on any atom is 0.309 e. The Kier molecular flexibility index (Phi) is 5.06. The van der Waals surface area contributed by atoms with Crippen molar-refractivity contribution in [3.05, 3.63) is 18.6 Å². The molecule has 0 aromatic carbocycles.